The summed E-state index contributed by atoms with van der Waals surface area (Å²) in [4.78, 5) is 15.5. The molecule has 0 aliphatic carbocycles. The van der Waals surface area contributed by atoms with Crippen molar-refractivity contribution in [1.82, 2.24) is 19.9 Å². The molecule has 2 fully saturated rings. The van der Waals surface area contributed by atoms with E-state index in [-0.39, 0.29) is 6.10 Å². The molecule has 2 saturated heterocycles. The predicted octanol–water partition coefficient (Wildman–Crippen LogP) is 4.82. The summed E-state index contributed by atoms with van der Waals surface area (Å²) in [6, 6.07) is 10.8. The summed E-state index contributed by atoms with van der Waals surface area (Å²) in [6.45, 7) is 7.39. The summed E-state index contributed by atoms with van der Waals surface area (Å²) in [7, 11) is 2.18. The third-order valence-corrected chi connectivity index (χ3v) is 6.65. The maximum atomic E-state index is 9.68. The highest BCUT2D eigenvalue weighted by molar-refractivity contribution is 5.64. The lowest BCUT2D eigenvalue weighted by Gasteiger charge is -2.29. The van der Waals surface area contributed by atoms with Crippen LogP contribution in [0.2, 0.25) is 0 Å². The van der Waals surface area contributed by atoms with Gasteiger partial charge in [0.05, 0.1) is 18.8 Å². The second-order valence-electron chi connectivity index (χ2n) is 9.30. The van der Waals surface area contributed by atoms with E-state index in [1.807, 2.05) is 13.8 Å². The van der Waals surface area contributed by atoms with E-state index in [0.717, 1.165) is 37.2 Å². The van der Waals surface area contributed by atoms with Gasteiger partial charge in [0.15, 0.2) is 5.82 Å². The van der Waals surface area contributed by atoms with Crippen molar-refractivity contribution in [3.63, 3.8) is 0 Å². The molecule has 35 heavy (non-hydrogen) atoms. The Morgan fingerprint density at radius 2 is 1.83 bits per heavy atom. The summed E-state index contributed by atoms with van der Waals surface area (Å²) >= 11 is 0. The molecule has 0 unspecified atom stereocenters. The van der Waals surface area contributed by atoms with Crippen molar-refractivity contribution < 1.29 is 9.47 Å². The van der Waals surface area contributed by atoms with Gasteiger partial charge >= 0.3 is 0 Å². The van der Waals surface area contributed by atoms with Crippen LogP contribution in [0, 0.1) is 11.3 Å². The molecule has 1 aromatic carbocycles. The van der Waals surface area contributed by atoms with Crippen molar-refractivity contribution >= 4 is 17.2 Å². The Kier molecular flexibility index (Phi) is 8.45. The molecule has 1 aromatic heterocycles. The van der Waals surface area contributed by atoms with Gasteiger partial charge in [-0.1, -0.05) is 12.1 Å². The van der Waals surface area contributed by atoms with E-state index in [9.17, 15) is 5.26 Å². The van der Waals surface area contributed by atoms with Crippen LogP contribution in [-0.4, -0.2) is 59.3 Å². The van der Waals surface area contributed by atoms with Crippen LogP contribution in [0.5, 0.6) is 0 Å². The molecular weight excluding hydrogens is 440 g/mol. The first-order valence-electron chi connectivity index (χ1n) is 12.3. The molecule has 0 bridgehead atoms. The van der Waals surface area contributed by atoms with Crippen LogP contribution >= 0.6 is 0 Å². The molecule has 2 aliphatic rings. The topological polar surface area (TPSA) is 96.2 Å². The number of allylic oxidation sites excluding steroid dienone is 4. The van der Waals surface area contributed by atoms with Crippen LogP contribution < -0.4 is 5.32 Å². The molecule has 8 heteroatoms. The van der Waals surface area contributed by atoms with Crippen LogP contribution in [0.25, 0.3) is 5.57 Å². The summed E-state index contributed by atoms with van der Waals surface area (Å²) in [5.41, 5.74) is 3.54. The third-order valence-electron chi connectivity index (χ3n) is 6.65. The van der Waals surface area contributed by atoms with Gasteiger partial charge in [0, 0.05) is 18.5 Å². The number of piperidine rings is 1. The van der Waals surface area contributed by atoms with Crippen molar-refractivity contribution in [2.24, 2.45) is 0 Å². The van der Waals surface area contributed by atoms with Crippen LogP contribution in [0.3, 0.4) is 0 Å². The molecule has 4 rings (SSSR count). The molecule has 0 radical (unpaired) electrons. The van der Waals surface area contributed by atoms with Crippen LogP contribution in [0.1, 0.15) is 56.8 Å². The van der Waals surface area contributed by atoms with Crippen molar-refractivity contribution in [1.29, 1.82) is 5.26 Å². The van der Waals surface area contributed by atoms with Gasteiger partial charge in [-0.25, -0.2) is 9.97 Å². The van der Waals surface area contributed by atoms with Crippen LogP contribution in [0.15, 0.2) is 48.0 Å². The third kappa shape index (κ3) is 6.87. The fourth-order valence-electron chi connectivity index (χ4n) is 4.46. The van der Waals surface area contributed by atoms with E-state index in [1.54, 1.807) is 6.08 Å². The molecule has 8 nitrogen and oxygen atoms in total. The molecule has 2 aromatic rings. The Labute approximate surface area is 207 Å². The molecule has 184 valence electrons. The molecule has 1 N–H and O–H groups in total. The second kappa shape index (κ2) is 11.9. The van der Waals surface area contributed by atoms with Gasteiger partial charge in [-0.3, -0.25) is 0 Å². The monoisotopic (exact) mass is 474 g/mol. The van der Waals surface area contributed by atoms with Crippen molar-refractivity contribution in [3.8, 4) is 6.07 Å². The minimum absolute atomic E-state index is 0.0830. The van der Waals surface area contributed by atoms with E-state index in [1.165, 1.54) is 24.7 Å². The molecule has 0 saturated carbocycles. The maximum Gasteiger partial charge on any atom is 0.230 e. The fraction of sp³-hybridized carbons (Fsp3) is 0.481. The Morgan fingerprint density at radius 3 is 2.51 bits per heavy atom. The number of aromatic nitrogens is 3. The van der Waals surface area contributed by atoms with Gasteiger partial charge in [-0.2, -0.15) is 10.2 Å². The molecule has 3 heterocycles. The SMILES string of the molecule is C/C(OC1CCOCC1)=C(C#N)\C=C(/C)c1ncnc(Nc2ccc(C3CCN(C)CC3)cc2)n1. The summed E-state index contributed by atoms with van der Waals surface area (Å²) in [5.74, 6) is 2.21. The van der Waals surface area contributed by atoms with Crippen molar-refractivity contribution in [2.45, 2.75) is 51.6 Å². The smallest absolute Gasteiger partial charge is 0.230 e. The Balaban J connectivity index is 1.42. The van der Waals surface area contributed by atoms with Gasteiger partial charge in [0.25, 0.3) is 0 Å². The lowest BCUT2D eigenvalue weighted by molar-refractivity contribution is -0.00376. The van der Waals surface area contributed by atoms with Gasteiger partial charge in [-0.05, 0) is 82.1 Å². The predicted molar refractivity (Wildman–Crippen MR) is 136 cm³/mol. The number of nitriles is 1. The van der Waals surface area contributed by atoms with E-state index in [4.69, 9.17) is 9.47 Å². The Bertz CT molecular complexity index is 1090. The highest BCUT2D eigenvalue weighted by Gasteiger charge is 2.18. The zero-order valence-electron chi connectivity index (χ0n) is 20.8. The number of anilines is 2. The normalized spacial score (nSPS) is 19.1. The zero-order chi connectivity index (χ0) is 24.6. The largest absolute Gasteiger partial charge is 0.494 e. The highest BCUT2D eigenvalue weighted by atomic mass is 16.5. The number of nitrogens with zero attached hydrogens (tertiary/aromatic N) is 5. The average molecular weight is 475 g/mol. The van der Waals surface area contributed by atoms with Crippen molar-refractivity contribution in [2.75, 3.05) is 38.7 Å². The number of hydrogen-bond acceptors (Lipinski definition) is 8. The first-order chi connectivity index (χ1) is 17.0. The lowest BCUT2D eigenvalue weighted by Crippen LogP contribution is -2.29. The van der Waals surface area contributed by atoms with Crippen LogP contribution in [0.4, 0.5) is 11.6 Å². The maximum absolute atomic E-state index is 9.68. The molecule has 0 atom stereocenters. The Morgan fingerprint density at radius 1 is 1.11 bits per heavy atom. The van der Waals surface area contributed by atoms with E-state index in [0.29, 0.717) is 42.2 Å². The number of ether oxygens (including phenoxy) is 2. The minimum atomic E-state index is 0.0830. The molecule has 2 aliphatic heterocycles. The first kappa shape index (κ1) is 24.8. The quantitative estimate of drug-likeness (QED) is 0.347. The standard InChI is InChI=1S/C27H34N6O2/c1-19(16-23(17-28)20(2)35-25-10-14-34-15-11-25)26-29-18-30-27(32-26)31-24-6-4-21(5-7-24)22-8-12-33(3)13-9-22/h4-7,16,18,22,25H,8-15H2,1-3H3,(H,29,30,31,32)/b19-16+,23-20-. The van der Waals surface area contributed by atoms with Gasteiger partial charge in [-0.15, -0.1) is 0 Å². The number of hydrogen-bond donors (Lipinski definition) is 1. The molecular formula is C27H34N6O2. The molecule has 0 spiro atoms. The zero-order valence-corrected chi connectivity index (χ0v) is 20.8. The summed E-state index contributed by atoms with van der Waals surface area (Å²) in [6.07, 6.45) is 7.40. The van der Waals surface area contributed by atoms with Gasteiger partial charge < -0.3 is 19.7 Å². The number of likely N-dealkylation sites (tertiary alicyclic amines) is 1. The minimum Gasteiger partial charge on any atom is -0.494 e. The number of rotatable bonds is 7. The second-order valence-corrected chi connectivity index (χ2v) is 9.30. The van der Waals surface area contributed by atoms with E-state index in [2.05, 4.69) is 62.6 Å². The molecule has 0 amide bonds. The fourth-order valence-corrected chi connectivity index (χ4v) is 4.46. The Hall–Kier alpha value is -3.28. The first-order valence-corrected chi connectivity index (χ1v) is 12.3. The average Bonchev–Trinajstić information content (AvgIpc) is 2.89. The summed E-state index contributed by atoms with van der Waals surface area (Å²) in [5, 5.41) is 12.9. The van der Waals surface area contributed by atoms with E-state index < -0.39 is 0 Å². The van der Waals surface area contributed by atoms with E-state index >= 15 is 0 Å². The summed E-state index contributed by atoms with van der Waals surface area (Å²) < 4.78 is 11.4. The van der Waals surface area contributed by atoms with Crippen molar-refractivity contribution in [3.05, 3.63) is 59.4 Å². The van der Waals surface area contributed by atoms with Gasteiger partial charge in [0.2, 0.25) is 5.95 Å². The number of nitrogens with one attached hydrogen (secondary N) is 1. The number of benzene rings is 1. The highest BCUT2D eigenvalue weighted by Crippen LogP contribution is 2.28. The van der Waals surface area contributed by atoms with Gasteiger partial charge in [0.1, 0.15) is 24.3 Å². The lowest BCUT2D eigenvalue weighted by atomic mass is 9.89. The van der Waals surface area contributed by atoms with Crippen LogP contribution in [-0.2, 0) is 9.47 Å².